The summed E-state index contributed by atoms with van der Waals surface area (Å²) < 4.78 is 4.55. The Kier molecular flexibility index (Phi) is 17.8. The molecule has 101 heavy (non-hydrogen) atoms. The molecule has 0 unspecified atom stereocenters. The largest absolute Gasteiger partial charge is 0.309 e. The van der Waals surface area contributed by atoms with Gasteiger partial charge in [-0.1, -0.05) is 291 Å². The quantitative estimate of drug-likeness (QED) is 0.124. The summed E-state index contributed by atoms with van der Waals surface area (Å²) in [7, 11) is 0. The van der Waals surface area contributed by atoms with Gasteiger partial charge in [0.1, 0.15) is 0 Å². The van der Waals surface area contributed by atoms with Crippen molar-refractivity contribution in [2.24, 2.45) is 0 Å². The number of para-hydroxylation sites is 4. The van der Waals surface area contributed by atoms with Gasteiger partial charge >= 0.3 is 0 Å². The number of nitrogens with zero attached hydrogens (tertiary/aromatic N) is 11. The summed E-state index contributed by atoms with van der Waals surface area (Å²) in [6.07, 6.45) is 0. The molecule has 0 atom stereocenters. The minimum atomic E-state index is 0.168. The fourth-order valence-electron chi connectivity index (χ4n) is 12.9. The molecule has 0 aliphatic carbocycles. The van der Waals surface area contributed by atoms with Gasteiger partial charge in [-0.25, -0.2) is 15.0 Å². The van der Waals surface area contributed by atoms with Gasteiger partial charge < -0.3 is 9.13 Å². The Morgan fingerprint density at radius 3 is 1.00 bits per heavy atom. The molecule has 0 aliphatic heterocycles. The smallest absolute Gasteiger partial charge is 0.226 e. The van der Waals surface area contributed by atoms with Crippen LogP contribution in [0.5, 0.6) is 0 Å². The standard InChI is InChI=1S/C33H21ClN4.C27H17ClN4.C27H18ClN3/c34-33-36-31(24-20-18-23(19-21-24)22-10-3-1-4-11-22)35-32(37-33)27-15-9-17-29-30(27)26-14-7-8-16-28(26)38(29)25-12-5-2-6-13-25;28-27-30-25(18-9-2-1-3-10-18)29-26(31-27)19-11-8-12-20(17-19)32-23-15-6-4-13-21(23)22-14-5-7-16-24(22)32;28-27-30-25(22-17-15-20(16-18-22)19-9-3-1-4-10-19)29-26(31-27)24-14-8-7-13-23(24)21-11-5-2-6-12-21/h1-21H;1-17H;1-18H. The van der Waals surface area contributed by atoms with Crippen molar-refractivity contribution in [1.29, 1.82) is 0 Å². The predicted molar refractivity (Wildman–Crippen MR) is 412 cm³/mol. The van der Waals surface area contributed by atoms with E-state index in [1.807, 2.05) is 152 Å². The molecule has 0 saturated heterocycles. The number of hydrogen-bond donors (Lipinski definition) is 0. The molecule has 13 aromatic carbocycles. The maximum absolute atomic E-state index is 6.48. The lowest BCUT2D eigenvalue weighted by atomic mass is 9.99. The van der Waals surface area contributed by atoms with Crippen molar-refractivity contribution in [3.8, 4) is 113 Å². The maximum Gasteiger partial charge on any atom is 0.226 e. The molecular formula is C87H56Cl3N11. The SMILES string of the molecule is Clc1nc(-c2ccc(-c3ccccc3)cc2)nc(-c2cccc3c2c2ccccc2n3-c2ccccc2)n1.Clc1nc(-c2ccc(-c3ccccc3)cc2)nc(-c2ccccc2-c2ccccc2)n1.Clc1nc(-c2ccccc2)nc(-c2cccc(-n3c4ccccc4c4ccccc43)c2)n1. The summed E-state index contributed by atoms with van der Waals surface area (Å²) in [6, 6.07) is 115. The number of hydrogen-bond acceptors (Lipinski definition) is 9. The number of aromatic nitrogens is 11. The lowest BCUT2D eigenvalue weighted by Crippen LogP contribution is -1.99. The normalized spacial score (nSPS) is 11.1. The van der Waals surface area contributed by atoms with Gasteiger partial charge in [-0.3, -0.25) is 0 Å². The molecule has 5 heterocycles. The van der Waals surface area contributed by atoms with Gasteiger partial charge in [-0.15, -0.1) is 0 Å². The Hall–Kier alpha value is -12.6. The summed E-state index contributed by atoms with van der Waals surface area (Å²) >= 11 is 19.1. The first-order chi connectivity index (χ1) is 49.8. The zero-order chi connectivity index (χ0) is 68.0. The zero-order valence-corrected chi connectivity index (χ0v) is 56.2. The second-order valence-electron chi connectivity index (χ2n) is 23.7. The molecule has 18 rings (SSSR count). The zero-order valence-electron chi connectivity index (χ0n) is 53.9. The van der Waals surface area contributed by atoms with Gasteiger partial charge in [0.25, 0.3) is 0 Å². The van der Waals surface area contributed by atoms with Crippen LogP contribution >= 0.6 is 34.8 Å². The molecule has 18 aromatic rings. The van der Waals surface area contributed by atoms with Crippen LogP contribution in [0.3, 0.4) is 0 Å². The van der Waals surface area contributed by atoms with Crippen molar-refractivity contribution in [3.63, 3.8) is 0 Å². The second kappa shape index (κ2) is 28.4. The van der Waals surface area contributed by atoms with Crippen LogP contribution in [0.25, 0.3) is 157 Å². The van der Waals surface area contributed by atoms with E-state index in [-0.39, 0.29) is 15.9 Å². The van der Waals surface area contributed by atoms with Gasteiger partial charge in [0.05, 0.1) is 22.1 Å². The van der Waals surface area contributed by atoms with Crippen LogP contribution < -0.4 is 0 Å². The number of fused-ring (bicyclic) bond motifs is 6. The van der Waals surface area contributed by atoms with Gasteiger partial charge in [-0.05, 0) is 117 Å². The Labute approximate surface area is 597 Å². The van der Waals surface area contributed by atoms with Crippen LogP contribution in [-0.2, 0) is 0 Å². The van der Waals surface area contributed by atoms with Gasteiger partial charge in [-0.2, -0.15) is 29.9 Å². The Morgan fingerprint density at radius 1 is 0.188 bits per heavy atom. The van der Waals surface area contributed by atoms with E-state index in [1.165, 1.54) is 16.3 Å². The average molecular weight is 1360 g/mol. The molecule has 14 heteroatoms. The number of benzene rings is 13. The Balaban J connectivity index is 0.000000118. The summed E-state index contributed by atoms with van der Waals surface area (Å²) in [5, 5.41) is 5.19. The maximum atomic E-state index is 6.48. The summed E-state index contributed by atoms with van der Waals surface area (Å²) in [6.45, 7) is 0. The van der Waals surface area contributed by atoms with Crippen molar-refractivity contribution in [3.05, 3.63) is 356 Å². The predicted octanol–water partition coefficient (Wildman–Crippen LogP) is 22.8. The van der Waals surface area contributed by atoms with Crippen LogP contribution in [-0.4, -0.2) is 54.0 Å². The van der Waals surface area contributed by atoms with Crippen LogP contribution in [0, 0.1) is 0 Å². The second-order valence-corrected chi connectivity index (χ2v) is 24.7. The third-order valence-corrected chi connectivity index (χ3v) is 18.0. The van der Waals surface area contributed by atoms with Gasteiger partial charge in [0, 0.05) is 66.3 Å². The Morgan fingerprint density at radius 2 is 0.485 bits per heavy atom. The first-order valence-corrected chi connectivity index (χ1v) is 33.9. The fourth-order valence-corrected chi connectivity index (χ4v) is 13.4. The van der Waals surface area contributed by atoms with E-state index in [0.29, 0.717) is 34.9 Å². The number of halogens is 3. The first-order valence-electron chi connectivity index (χ1n) is 32.8. The summed E-state index contributed by atoms with van der Waals surface area (Å²) in [4.78, 5) is 40.9. The average Bonchev–Trinajstić information content (AvgIpc) is 1.60. The molecule has 480 valence electrons. The van der Waals surface area contributed by atoms with Crippen LogP contribution in [0.15, 0.2) is 340 Å². The van der Waals surface area contributed by atoms with Crippen molar-refractivity contribution in [1.82, 2.24) is 54.0 Å². The molecule has 11 nitrogen and oxygen atoms in total. The van der Waals surface area contributed by atoms with Crippen LogP contribution in [0.2, 0.25) is 15.9 Å². The minimum absolute atomic E-state index is 0.168. The van der Waals surface area contributed by atoms with E-state index >= 15 is 0 Å². The lowest BCUT2D eigenvalue weighted by Gasteiger charge is -2.10. The third kappa shape index (κ3) is 13.2. The third-order valence-electron chi connectivity index (χ3n) is 17.5. The first kappa shape index (κ1) is 63.1. The molecule has 0 radical (unpaired) electrons. The van der Waals surface area contributed by atoms with Crippen molar-refractivity contribution < 1.29 is 0 Å². The molecule has 0 N–H and O–H groups in total. The van der Waals surface area contributed by atoms with E-state index in [4.69, 9.17) is 49.8 Å². The van der Waals surface area contributed by atoms with Crippen LogP contribution in [0.4, 0.5) is 0 Å². The highest BCUT2D eigenvalue weighted by atomic mass is 35.5. The molecule has 0 amide bonds. The van der Waals surface area contributed by atoms with Crippen molar-refractivity contribution in [2.45, 2.75) is 0 Å². The van der Waals surface area contributed by atoms with Gasteiger partial charge in [0.15, 0.2) is 34.9 Å². The monoisotopic (exact) mass is 1360 g/mol. The Bertz CT molecular complexity index is 5930. The number of rotatable bonds is 11. The molecule has 0 saturated carbocycles. The summed E-state index contributed by atoms with van der Waals surface area (Å²) in [5.74, 6) is 3.31. The molecular weight excluding hydrogens is 1310 g/mol. The van der Waals surface area contributed by atoms with Gasteiger partial charge in [0.2, 0.25) is 15.9 Å². The fraction of sp³-hybridized carbons (Fsp3) is 0. The van der Waals surface area contributed by atoms with Crippen molar-refractivity contribution in [2.75, 3.05) is 0 Å². The molecule has 5 aromatic heterocycles. The van der Waals surface area contributed by atoms with E-state index in [0.717, 1.165) is 105 Å². The molecule has 0 bridgehead atoms. The minimum Gasteiger partial charge on any atom is -0.309 e. The van der Waals surface area contributed by atoms with E-state index in [2.05, 4.69) is 227 Å². The molecule has 0 fully saturated rings. The van der Waals surface area contributed by atoms with Crippen LogP contribution in [0.1, 0.15) is 0 Å². The van der Waals surface area contributed by atoms with E-state index in [1.54, 1.807) is 0 Å². The highest BCUT2D eigenvalue weighted by Gasteiger charge is 2.21. The van der Waals surface area contributed by atoms with E-state index < -0.39 is 0 Å². The highest BCUT2D eigenvalue weighted by Crippen LogP contribution is 2.40. The topological polar surface area (TPSA) is 126 Å². The van der Waals surface area contributed by atoms with Crippen molar-refractivity contribution >= 4 is 78.4 Å². The summed E-state index contributed by atoms with van der Waals surface area (Å²) in [5.41, 5.74) is 18.8. The molecule has 0 spiro atoms. The van der Waals surface area contributed by atoms with E-state index in [9.17, 15) is 0 Å². The molecule has 0 aliphatic rings. The highest BCUT2D eigenvalue weighted by molar-refractivity contribution is 6.29. The lowest BCUT2D eigenvalue weighted by molar-refractivity contribution is 1.06.